The van der Waals surface area contributed by atoms with Crippen LogP contribution in [-0.2, 0) is 19.5 Å². The van der Waals surface area contributed by atoms with Crippen molar-refractivity contribution < 1.29 is 14.3 Å². The Bertz CT molecular complexity index is 998. The molecule has 0 bridgehead atoms. The Hall–Kier alpha value is -3.28. The molecule has 6 nitrogen and oxygen atoms in total. The molecule has 0 saturated carbocycles. The Labute approximate surface area is 170 Å². The monoisotopic (exact) mass is 391 g/mol. The predicted molar refractivity (Wildman–Crippen MR) is 110 cm³/mol. The van der Waals surface area contributed by atoms with Gasteiger partial charge in [-0.3, -0.25) is 9.48 Å². The SMILES string of the molecule is CCc1c(C(=O)N(C)Cc2ccc3c(c2)OCCO3)cnn1Cc1ccccc1. The number of rotatable bonds is 6. The highest BCUT2D eigenvalue weighted by Gasteiger charge is 2.21. The van der Waals surface area contributed by atoms with E-state index in [1.807, 2.05) is 48.1 Å². The summed E-state index contributed by atoms with van der Waals surface area (Å²) in [6.45, 7) is 4.31. The van der Waals surface area contributed by atoms with Crippen molar-refractivity contribution in [1.82, 2.24) is 14.7 Å². The molecule has 2 aromatic carbocycles. The molecule has 0 fully saturated rings. The van der Waals surface area contributed by atoms with E-state index in [-0.39, 0.29) is 5.91 Å². The van der Waals surface area contributed by atoms with E-state index in [2.05, 4.69) is 24.2 Å². The predicted octanol–water partition coefficient (Wildman–Crippen LogP) is 3.54. The molecule has 1 aromatic heterocycles. The van der Waals surface area contributed by atoms with Crippen LogP contribution in [0.1, 0.15) is 34.1 Å². The second kappa shape index (κ2) is 8.39. The third-order valence-corrected chi connectivity index (χ3v) is 5.06. The van der Waals surface area contributed by atoms with Crippen molar-refractivity contribution in [3.05, 3.63) is 77.1 Å². The molecule has 29 heavy (non-hydrogen) atoms. The standard InChI is InChI=1S/C23H25N3O3/c1-3-20-19(14-24-26(20)16-17-7-5-4-6-8-17)23(27)25(2)15-18-9-10-21-22(13-18)29-12-11-28-21/h4-10,13-14H,3,11-12,15-16H2,1-2H3. The van der Waals surface area contributed by atoms with E-state index >= 15 is 0 Å². The lowest BCUT2D eigenvalue weighted by Gasteiger charge is -2.21. The third kappa shape index (κ3) is 4.11. The molecule has 0 saturated heterocycles. The number of carbonyl (C=O) groups excluding carboxylic acids is 1. The van der Waals surface area contributed by atoms with Gasteiger partial charge >= 0.3 is 0 Å². The lowest BCUT2D eigenvalue weighted by atomic mass is 10.1. The Balaban J connectivity index is 1.50. The van der Waals surface area contributed by atoms with Gasteiger partial charge in [0.1, 0.15) is 13.2 Å². The molecule has 0 aliphatic carbocycles. The molecule has 0 N–H and O–H groups in total. The molecule has 0 spiro atoms. The fourth-order valence-corrected chi connectivity index (χ4v) is 3.59. The van der Waals surface area contributed by atoms with Gasteiger partial charge in [-0.15, -0.1) is 0 Å². The van der Waals surface area contributed by atoms with E-state index in [1.165, 1.54) is 0 Å². The molecule has 0 atom stereocenters. The minimum absolute atomic E-state index is 0.0314. The number of benzene rings is 2. The van der Waals surface area contributed by atoms with Gasteiger partial charge in [-0.25, -0.2) is 0 Å². The summed E-state index contributed by atoms with van der Waals surface area (Å²) in [4.78, 5) is 14.8. The summed E-state index contributed by atoms with van der Waals surface area (Å²) in [5.74, 6) is 1.46. The molecule has 0 unspecified atom stereocenters. The first-order valence-electron chi connectivity index (χ1n) is 9.88. The van der Waals surface area contributed by atoms with Crippen molar-refractivity contribution in [3.63, 3.8) is 0 Å². The minimum Gasteiger partial charge on any atom is -0.486 e. The van der Waals surface area contributed by atoms with Crippen LogP contribution in [0, 0.1) is 0 Å². The summed E-state index contributed by atoms with van der Waals surface area (Å²) in [6, 6.07) is 16.0. The van der Waals surface area contributed by atoms with Gasteiger partial charge < -0.3 is 14.4 Å². The fraction of sp³-hybridized carbons (Fsp3) is 0.304. The zero-order chi connectivity index (χ0) is 20.2. The largest absolute Gasteiger partial charge is 0.486 e. The normalized spacial score (nSPS) is 12.6. The van der Waals surface area contributed by atoms with Gasteiger partial charge in [-0.1, -0.05) is 43.3 Å². The van der Waals surface area contributed by atoms with Crippen molar-refractivity contribution in [2.24, 2.45) is 0 Å². The van der Waals surface area contributed by atoms with Crippen molar-refractivity contribution in [2.75, 3.05) is 20.3 Å². The molecular formula is C23H25N3O3. The molecule has 2 heterocycles. The Morgan fingerprint density at radius 2 is 1.83 bits per heavy atom. The topological polar surface area (TPSA) is 56.6 Å². The van der Waals surface area contributed by atoms with Crippen molar-refractivity contribution in [2.45, 2.75) is 26.4 Å². The average Bonchev–Trinajstić information content (AvgIpc) is 3.16. The average molecular weight is 391 g/mol. The molecule has 1 aliphatic rings. The van der Waals surface area contributed by atoms with Crippen LogP contribution >= 0.6 is 0 Å². The van der Waals surface area contributed by atoms with Crippen LogP contribution in [0.3, 0.4) is 0 Å². The number of carbonyl (C=O) groups is 1. The molecule has 4 rings (SSSR count). The highest BCUT2D eigenvalue weighted by molar-refractivity contribution is 5.95. The Kier molecular flexibility index (Phi) is 5.51. The van der Waals surface area contributed by atoms with Crippen molar-refractivity contribution in [1.29, 1.82) is 0 Å². The van der Waals surface area contributed by atoms with E-state index in [0.29, 0.717) is 31.9 Å². The van der Waals surface area contributed by atoms with Gasteiger partial charge in [0, 0.05) is 13.6 Å². The van der Waals surface area contributed by atoms with Gasteiger partial charge in [0.15, 0.2) is 11.5 Å². The summed E-state index contributed by atoms with van der Waals surface area (Å²) in [6.07, 6.45) is 2.43. The number of amides is 1. The fourth-order valence-electron chi connectivity index (χ4n) is 3.59. The van der Waals surface area contributed by atoms with Crippen LogP contribution in [0.25, 0.3) is 0 Å². The van der Waals surface area contributed by atoms with Gasteiger partial charge in [0.25, 0.3) is 5.91 Å². The smallest absolute Gasteiger partial charge is 0.257 e. The van der Waals surface area contributed by atoms with Crippen LogP contribution in [0.15, 0.2) is 54.7 Å². The maximum Gasteiger partial charge on any atom is 0.257 e. The zero-order valence-electron chi connectivity index (χ0n) is 16.8. The zero-order valence-corrected chi connectivity index (χ0v) is 16.8. The number of ether oxygens (including phenoxy) is 2. The highest BCUT2D eigenvalue weighted by atomic mass is 16.6. The van der Waals surface area contributed by atoms with Gasteiger partial charge in [0.2, 0.25) is 0 Å². The number of fused-ring (bicyclic) bond motifs is 1. The minimum atomic E-state index is -0.0314. The van der Waals surface area contributed by atoms with Crippen molar-refractivity contribution >= 4 is 5.91 Å². The van der Waals surface area contributed by atoms with Crippen LogP contribution < -0.4 is 9.47 Å². The summed E-state index contributed by atoms with van der Waals surface area (Å²) in [7, 11) is 1.81. The summed E-state index contributed by atoms with van der Waals surface area (Å²) in [5, 5.41) is 4.48. The van der Waals surface area contributed by atoms with E-state index < -0.39 is 0 Å². The molecule has 1 aliphatic heterocycles. The maximum atomic E-state index is 13.1. The second-order valence-electron chi connectivity index (χ2n) is 7.14. The molecule has 3 aromatic rings. The van der Waals surface area contributed by atoms with Gasteiger partial charge in [-0.2, -0.15) is 5.10 Å². The molecule has 6 heteroatoms. The van der Waals surface area contributed by atoms with Crippen LogP contribution in [0.5, 0.6) is 11.5 Å². The third-order valence-electron chi connectivity index (χ3n) is 5.06. The summed E-state index contributed by atoms with van der Waals surface area (Å²) < 4.78 is 13.1. The van der Waals surface area contributed by atoms with E-state index in [0.717, 1.165) is 34.7 Å². The summed E-state index contributed by atoms with van der Waals surface area (Å²) >= 11 is 0. The second-order valence-corrected chi connectivity index (χ2v) is 7.14. The Morgan fingerprint density at radius 3 is 2.59 bits per heavy atom. The van der Waals surface area contributed by atoms with Crippen LogP contribution in [0.4, 0.5) is 0 Å². The molecule has 150 valence electrons. The lowest BCUT2D eigenvalue weighted by molar-refractivity contribution is 0.0783. The first-order valence-corrected chi connectivity index (χ1v) is 9.88. The molecule has 0 radical (unpaired) electrons. The molecule has 1 amide bonds. The van der Waals surface area contributed by atoms with E-state index in [1.54, 1.807) is 11.1 Å². The van der Waals surface area contributed by atoms with Gasteiger partial charge in [0.05, 0.1) is 24.0 Å². The first kappa shape index (κ1) is 19.1. The quantitative estimate of drug-likeness (QED) is 0.645. The van der Waals surface area contributed by atoms with Crippen LogP contribution in [0.2, 0.25) is 0 Å². The number of hydrogen-bond donors (Lipinski definition) is 0. The first-order chi connectivity index (χ1) is 14.2. The van der Waals surface area contributed by atoms with E-state index in [9.17, 15) is 4.79 Å². The maximum absolute atomic E-state index is 13.1. The Morgan fingerprint density at radius 1 is 1.07 bits per heavy atom. The number of aromatic nitrogens is 2. The number of nitrogens with zero attached hydrogens (tertiary/aromatic N) is 3. The van der Waals surface area contributed by atoms with Gasteiger partial charge in [-0.05, 0) is 29.7 Å². The van der Waals surface area contributed by atoms with Crippen LogP contribution in [-0.4, -0.2) is 40.8 Å². The van der Waals surface area contributed by atoms with Crippen molar-refractivity contribution in [3.8, 4) is 11.5 Å². The summed E-state index contributed by atoms with van der Waals surface area (Å²) in [5.41, 5.74) is 3.77. The number of hydrogen-bond acceptors (Lipinski definition) is 4. The molecular weight excluding hydrogens is 366 g/mol. The van der Waals surface area contributed by atoms with E-state index in [4.69, 9.17) is 9.47 Å². The highest BCUT2D eigenvalue weighted by Crippen LogP contribution is 2.31. The lowest BCUT2D eigenvalue weighted by Crippen LogP contribution is -2.27.